The Morgan fingerprint density at radius 1 is 1.10 bits per heavy atom. The number of aryl methyl sites for hydroxylation is 1. The molecule has 0 aliphatic rings. The highest BCUT2D eigenvalue weighted by Gasteiger charge is 2.10. The third kappa shape index (κ3) is 4.37. The highest BCUT2D eigenvalue weighted by molar-refractivity contribution is 6.36. The van der Waals surface area contributed by atoms with E-state index in [2.05, 4.69) is 5.32 Å². The molecule has 0 unspecified atom stereocenters. The summed E-state index contributed by atoms with van der Waals surface area (Å²) in [4.78, 5) is 12.0. The minimum atomic E-state index is -0.101. The summed E-state index contributed by atoms with van der Waals surface area (Å²) in [6, 6.07) is 10.7. The quantitative estimate of drug-likeness (QED) is 0.778. The van der Waals surface area contributed by atoms with Gasteiger partial charge < -0.3 is 5.32 Å². The lowest BCUT2D eigenvalue weighted by atomic mass is 10.1. The maximum Gasteiger partial charge on any atom is 0.224 e. The lowest BCUT2D eigenvalue weighted by molar-refractivity contribution is -0.116. The largest absolute Gasteiger partial charge is 0.326 e. The van der Waals surface area contributed by atoms with Crippen molar-refractivity contribution in [3.8, 4) is 0 Å². The average molecular weight is 343 g/mol. The van der Waals surface area contributed by atoms with Crippen molar-refractivity contribution in [1.82, 2.24) is 0 Å². The van der Waals surface area contributed by atoms with Crippen LogP contribution in [0.25, 0.3) is 0 Å². The van der Waals surface area contributed by atoms with Gasteiger partial charge in [-0.1, -0.05) is 46.9 Å². The first kappa shape index (κ1) is 16.2. The molecule has 1 N–H and O–H groups in total. The lowest BCUT2D eigenvalue weighted by Gasteiger charge is -2.10. The van der Waals surface area contributed by atoms with Crippen LogP contribution in [-0.2, 0) is 11.2 Å². The minimum absolute atomic E-state index is 0.101. The van der Waals surface area contributed by atoms with Gasteiger partial charge in [-0.15, -0.1) is 0 Å². The second-order valence-electron chi connectivity index (χ2n) is 4.71. The molecule has 0 radical (unpaired) electrons. The molecule has 110 valence electrons. The van der Waals surface area contributed by atoms with Crippen LogP contribution in [0.1, 0.15) is 17.5 Å². The number of rotatable bonds is 4. The number of carbonyl (C=O) groups is 1. The molecule has 0 atom stereocenters. The molecule has 2 aromatic rings. The number of benzene rings is 2. The Labute approximate surface area is 139 Å². The lowest BCUT2D eigenvalue weighted by Crippen LogP contribution is -2.13. The first-order valence-corrected chi connectivity index (χ1v) is 7.59. The maximum absolute atomic E-state index is 12.0. The van der Waals surface area contributed by atoms with Crippen LogP contribution in [0.4, 0.5) is 5.69 Å². The van der Waals surface area contributed by atoms with Crippen molar-refractivity contribution in [1.29, 1.82) is 0 Å². The van der Waals surface area contributed by atoms with Crippen molar-refractivity contribution in [2.45, 2.75) is 19.8 Å². The molecular weight excluding hydrogens is 329 g/mol. The summed E-state index contributed by atoms with van der Waals surface area (Å²) in [5.74, 6) is -0.101. The van der Waals surface area contributed by atoms with Crippen LogP contribution in [0.5, 0.6) is 0 Å². The molecule has 0 saturated carbocycles. The molecule has 0 bridgehead atoms. The fourth-order valence-electron chi connectivity index (χ4n) is 1.95. The molecular formula is C16H14Cl3NO. The SMILES string of the molecule is Cc1ccc(Cl)cc1NC(=O)CCc1c(Cl)cccc1Cl. The van der Waals surface area contributed by atoms with Crippen LogP contribution in [0.2, 0.25) is 15.1 Å². The monoisotopic (exact) mass is 341 g/mol. The van der Waals surface area contributed by atoms with Crippen molar-refractivity contribution in [3.63, 3.8) is 0 Å². The van der Waals surface area contributed by atoms with E-state index in [4.69, 9.17) is 34.8 Å². The predicted molar refractivity (Wildman–Crippen MR) is 89.6 cm³/mol. The Morgan fingerprint density at radius 3 is 2.43 bits per heavy atom. The van der Waals surface area contributed by atoms with Crippen LogP contribution in [0, 0.1) is 6.92 Å². The molecule has 0 aliphatic heterocycles. The van der Waals surface area contributed by atoms with Gasteiger partial charge in [0.15, 0.2) is 0 Å². The summed E-state index contributed by atoms with van der Waals surface area (Å²) in [7, 11) is 0. The van der Waals surface area contributed by atoms with Crippen LogP contribution >= 0.6 is 34.8 Å². The standard InChI is InChI=1S/C16H14Cl3NO/c1-10-5-6-11(17)9-15(10)20-16(21)8-7-12-13(18)3-2-4-14(12)19/h2-6,9H,7-8H2,1H3,(H,20,21). The summed E-state index contributed by atoms with van der Waals surface area (Å²) >= 11 is 18.1. The number of amides is 1. The van der Waals surface area contributed by atoms with Crippen molar-refractivity contribution in [3.05, 3.63) is 62.6 Å². The second kappa shape index (κ2) is 7.17. The van der Waals surface area contributed by atoms with Crippen LogP contribution in [-0.4, -0.2) is 5.91 Å². The number of halogens is 3. The van der Waals surface area contributed by atoms with Gasteiger partial charge in [0, 0.05) is 27.2 Å². The van der Waals surface area contributed by atoms with E-state index in [1.54, 1.807) is 30.3 Å². The molecule has 2 nitrogen and oxygen atoms in total. The zero-order valence-electron chi connectivity index (χ0n) is 11.4. The summed E-state index contributed by atoms with van der Waals surface area (Å²) in [5.41, 5.74) is 2.47. The van der Waals surface area contributed by atoms with Crippen molar-refractivity contribution < 1.29 is 4.79 Å². The van der Waals surface area contributed by atoms with Crippen LogP contribution in [0.15, 0.2) is 36.4 Å². The summed E-state index contributed by atoms with van der Waals surface area (Å²) in [6.07, 6.45) is 0.791. The Balaban J connectivity index is 2.01. The molecule has 0 aromatic heterocycles. The summed E-state index contributed by atoms with van der Waals surface area (Å²) in [6.45, 7) is 1.91. The average Bonchev–Trinajstić information content (AvgIpc) is 2.42. The summed E-state index contributed by atoms with van der Waals surface area (Å²) in [5, 5.41) is 4.59. The van der Waals surface area contributed by atoms with Gasteiger partial charge >= 0.3 is 0 Å². The van der Waals surface area contributed by atoms with Gasteiger partial charge in [-0.2, -0.15) is 0 Å². The number of carbonyl (C=O) groups excluding carboxylic acids is 1. The molecule has 0 saturated heterocycles. The molecule has 2 rings (SSSR count). The number of hydrogen-bond acceptors (Lipinski definition) is 1. The topological polar surface area (TPSA) is 29.1 Å². The predicted octanol–water partition coefficient (Wildman–Crippen LogP) is 5.53. The van der Waals surface area contributed by atoms with Crippen LogP contribution in [0.3, 0.4) is 0 Å². The maximum atomic E-state index is 12.0. The highest BCUT2D eigenvalue weighted by Crippen LogP contribution is 2.26. The Hall–Kier alpha value is -1.22. The number of anilines is 1. The van der Waals surface area contributed by atoms with E-state index < -0.39 is 0 Å². The number of nitrogens with one attached hydrogen (secondary N) is 1. The first-order valence-electron chi connectivity index (χ1n) is 6.46. The van der Waals surface area contributed by atoms with E-state index >= 15 is 0 Å². The van der Waals surface area contributed by atoms with E-state index in [-0.39, 0.29) is 5.91 Å². The smallest absolute Gasteiger partial charge is 0.224 e. The Kier molecular flexibility index (Phi) is 5.51. The van der Waals surface area contributed by atoms with E-state index in [0.717, 1.165) is 16.8 Å². The first-order chi connectivity index (χ1) is 9.97. The Bertz CT molecular complexity index is 650. The summed E-state index contributed by atoms with van der Waals surface area (Å²) < 4.78 is 0. The van der Waals surface area contributed by atoms with E-state index in [0.29, 0.717) is 27.9 Å². The number of hydrogen-bond donors (Lipinski definition) is 1. The van der Waals surface area contributed by atoms with E-state index in [1.165, 1.54) is 0 Å². The van der Waals surface area contributed by atoms with Crippen molar-refractivity contribution in [2.75, 3.05) is 5.32 Å². The van der Waals surface area contributed by atoms with Gasteiger partial charge in [0.25, 0.3) is 0 Å². The van der Waals surface area contributed by atoms with E-state index in [9.17, 15) is 4.79 Å². The van der Waals surface area contributed by atoms with Gasteiger partial charge in [-0.3, -0.25) is 4.79 Å². The Morgan fingerprint density at radius 2 is 1.76 bits per heavy atom. The van der Waals surface area contributed by atoms with Gasteiger partial charge in [0.1, 0.15) is 0 Å². The molecule has 0 spiro atoms. The molecule has 0 fully saturated rings. The molecule has 5 heteroatoms. The fourth-order valence-corrected chi connectivity index (χ4v) is 2.71. The fraction of sp³-hybridized carbons (Fsp3) is 0.188. The highest BCUT2D eigenvalue weighted by atomic mass is 35.5. The van der Waals surface area contributed by atoms with Gasteiger partial charge in [0.05, 0.1) is 0 Å². The van der Waals surface area contributed by atoms with E-state index in [1.807, 2.05) is 13.0 Å². The zero-order valence-corrected chi connectivity index (χ0v) is 13.7. The molecule has 1 amide bonds. The van der Waals surface area contributed by atoms with Gasteiger partial charge in [-0.05, 0) is 48.7 Å². The van der Waals surface area contributed by atoms with Crippen molar-refractivity contribution >= 4 is 46.4 Å². The molecule has 21 heavy (non-hydrogen) atoms. The molecule has 0 heterocycles. The third-order valence-electron chi connectivity index (χ3n) is 3.14. The van der Waals surface area contributed by atoms with Gasteiger partial charge in [0.2, 0.25) is 5.91 Å². The van der Waals surface area contributed by atoms with Crippen LogP contribution < -0.4 is 5.32 Å². The zero-order chi connectivity index (χ0) is 15.4. The third-order valence-corrected chi connectivity index (χ3v) is 4.08. The molecule has 0 aliphatic carbocycles. The second-order valence-corrected chi connectivity index (χ2v) is 5.96. The van der Waals surface area contributed by atoms with Crippen molar-refractivity contribution in [2.24, 2.45) is 0 Å². The molecule has 2 aromatic carbocycles. The van der Waals surface area contributed by atoms with Gasteiger partial charge in [-0.25, -0.2) is 0 Å². The minimum Gasteiger partial charge on any atom is -0.326 e. The normalized spacial score (nSPS) is 10.5.